The molecule has 1 amide bonds. The van der Waals surface area contributed by atoms with Crippen LogP contribution in [0.1, 0.15) is 21.5 Å². The summed E-state index contributed by atoms with van der Waals surface area (Å²) in [6.07, 6.45) is 3.02. The molecule has 3 aromatic carbocycles. The zero-order chi connectivity index (χ0) is 19.8. The molecule has 0 aliphatic rings. The van der Waals surface area contributed by atoms with Gasteiger partial charge in [0.1, 0.15) is 12.4 Å². The summed E-state index contributed by atoms with van der Waals surface area (Å²) in [6.45, 7) is 0.449. The Labute approximate surface area is 162 Å². The van der Waals surface area contributed by atoms with E-state index in [1.165, 1.54) is 18.2 Å². The molecule has 0 saturated carbocycles. The van der Waals surface area contributed by atoms with E-state index >= 15 is 0 Å². The molecule has 140 valence electrons. The second-order valence-electron chi connectivity index (χ2n) is 6.05. The minimum atomic E-state index is -0.984. The van der Waals surface area contributed by atoms with E-state index in [-0.39, 0.29) is 11.5 Å². The summed E-state index contributed by atoms with van der Waals surface area (Å²) in [5.41, 5.74) is 2.63. The number of hydrogen-bond acceptors (Lipinski definition) is 3. The average molecular weight is 373 g/mol. The van der Waals surface area contributed by atoms with Crippen molar-refractivity contribution in [2.75, 3.05) is 5.32 Å². The standard InChI is InChI=1S/C23H19NO4/c25-22(14-11-17-9-12-19(13-10-17)23(26)27)24-20-7-4-8-21(15-20)28-16-18-5-2-1-3-6-18/h1-15H,16H2,(H,24,25)(H,26,27). The van der Waals surface area contributed by atoms with Crippen LogP contribution in [0.2, 0.25) is 0 Å². The van der Waals surface area contributed by atoms with Crippen LogP contribution >= 0.6 is 0 Å². The molecular formula is C23H19NO4. The summed E-state index contributed by atoms with van der Waals surface area (Å²) in [6, 6.07) is 23.3. The molecule has 0 unspecified atom stereocenters. The lowest BCUT2D eigenvalue weighted by Crippen LogP contribution is -2.07. The van der Waals surface area contributed by atoms with Gasteiger partial charge in [0, 0.05) is 17.8 Å². The van der Waals surface area contributed by atoms with Crippen LogP contribution in [-0.4, -0.2) is 17.0 Å². The van der Waals surface area contributed by atoms with E-state index in [1.807, 2.05) is 42.5 Å². The molecule has 5 heteroatoms. The number of carboxylic acids is 1. The molecule has 2 N–H and O–H groups in total. The maximum atomic E-state index is 12.1. The Kier molecular flexibility index (Phi) is 6.21. The van der Waals surface area contributed by atoms with Gasteiger partial charge >= 0.3 is 5.97 Å². The van der Waals surface area contributed by atoms with Gasteiger partial charge in [-0.2, -0.15) is 0 Å². The van der Waals surface area contributed by atoms with Gasteiger partial charge in [-0.05, 0) is 41.5 Å². The summed E-state index contributed by atoms with van der Waals surface area (Å²) in [7, 11) is 0. The highest BCUT2D eigenvalue weighted by Crippen LogP contribution is 2.19. The summed E-state index contributed by atoms with van der Waals surface area (Å²) >= 11 is 0. The van der Waals surface area contributed by atoms with E-state index in [0.717, 1.165) is 11.1 Å². The van der Waals surface area contributed by atoms with Crippen molar-refractivity contribution in [3.63, 3.8) is 0 Å². The number of nitrogens with one attached hydrogen (secondary N) is 1. The number of carboxylic acid groups (broad SMARTS) is 1. The quantitative estimate of drug-likeness (QED) is 0.593. The molecular weight excluding hydrogens is 354 g/mol. The van der Waals surface area contributed by atoms with Crippen LogP contribution in [0.25, 0.3) is 6.08 Å². The second kappa shape index (κ2) is 9.19. The van der Waals surface area contributed by atoms with Crippen molar-refractivity contribution < 1.29 is 19.4 Å². The van der Waals surface area contributed by atoms with Crippen molar-refractivity contribution in [3.8, 4) is 5.75 Å². The Morgan fingerprint density at radius 1 is 0.929 bits per heavy atom. The molecule has 0 bridgehead atoms. The summed E-state index contributed by atoms with van der Waals surface area (Å²) in [5, 5.41) is 11.7. The number of benzene rings is 3. The van der Waals surface area contributed by atoms with Crippen molar-refractivity contribution in [2.45, 2.75) is 6.61 Å². The number of carbonyl (C=O) groups excluding carboxylic acids is 1. The maximum Gasteiger partial charge on any atom is 0.335 e. The smallest absolute Gasteiger partial charge is 0.335 e. The molecule has 28 heavy (non-hydrogen) atoms. The topological polar surface area (TPSA) is 75.6 Å². The maximum absolute atomic E-state index is 12.1. The first kappa shape index (κ1) is 18.9. The zero-order valence-electron chi connectivity index (χ0n) is 15.0. The number of aromatic carboxylic acids is 1. The summed E-state index contributed by atoms with van der Waals surface area (Å²) < 4.78 is 5.76. The lowest BCUT2D eigenvalue weighted by Gasteiger charge is -2.08. The largest absolute Gasteiger partial charge is 0.489 e. The second-order valence-corrected chi connectivity index (χ2v) is 6.05. The van der Waals surface area contributed by atoms with Crippen LogP contribution in [0.15, 0.2) is 84.9 Å². The van der Waals surface area contributed by atoms with E-state index < -0.39 is 5.97 Å². The van der Waals surface area contributed by atoms with Gasteiger partial charge in [-0.1, -0.05) is 48.5 Å². The predicted octanol–water partition coefficient (Wildman–Crippen LogP) is 4.62. The van der Waals surface area contributed by atoms with Gasteiger partial charge in [-0.3, -0.25) is 4.79 Å². The van der Waals surface area contributed by atoms with Gasteiger partial charge in [-0.15, -0.1) is 0 Å². The molecule has 0 aliphatic heterocycles. The molecule has 0 atom stereocenters. The van der Waals surface area contributed by atoms with Gasteiger partial charge in [0.05, 0.1) is 5.56 Å². The van der Waals surface area contributed by atoms with E-state index in [2.05, 4.69) is 5.32 Å². The monoisotopic (exact) mass is 373 g/mol. The first-order valence-electron chi connectivity index (χ1n) is 8.69. The van der Waals surface area contributed by atoms with Crippen LogP contribution in [0.4, 0.5) is 5.69 Å². The van der Waals surface area contributed by atoms with Crippen LogP contribution in [0.5, 0.6) is 5.75 Å². The van der Waals surface area contributed by atoms with Crippen molar-refractivity contribution in [2.24, 2.45) is 0 Å². The molecule has 0 fully saturated rings. The van der Waals surface area contributed by atoms with Crippen LogP contribution in [0.3, 0.4) is 0 Å². The fourth-order valence-electron chi connectivity index (χ4n) is 2.50. The van der Waals surface area contributed by atoms with E-state index in [9.17, 15) is 9.59 Å². The predicted molar refractivity (Wildman–Crippen MR) is 108 cm³/mol. The Hall–Kier alpha value is -3.86. The number of hydrogen-bond donors (Lipinski definition) is 2. The molecule has 3 aromatic rings. The van der Waals surface area contributed by atoms with Gasteiger partial charge in [0.25, 0.3) is 0 Å². The van der Waals surface area contributed by atoms with Crippen LogP contribution in [0, 0.1) is 0 Å². The number of anilines is 1. The van der Waals surface area contributed by atoms with Crippen molar-refractivity contribution in [1.82, 2.24) is 0 Å². The number of carbonyl (C=O) groups is 2. The van der Waals surface area contributed by atoms with Gasteiger partial charge in [0.15, 0.2) is 0 Å². The Morgan fingerprint density at radius 3 is 2.39 bits per heavy atom. The zero-order valence-corrected chi connectivity index (χ0v) is 15.0. The average Bonchev–Trinajstić information content (AvgIpc) is 2.72. The number of amides is 1. The first-order valence-corrected chi connectivity index (χ1v) is 8.69. The van der Waals surface area contributed by atoms with Gasteiger partial charge in [0.2, 0.25) is 5.91 Å². The molecule has 0 heterocycles. The summed E-state index contributed by atoms with van der Waals surface area (Å²) in [4.78, 5) is 23.0. The lowest BCUT2D eigenvalue weighted by molar-refractivity contribution is -0.111. The molecule has 0 aromatic heterocycles. The lowest BCUT2D eigenvalue weighted by atomic mass is 10.1. The fraction of sp³-hybridized carbons (Fsp3) is 0.0435. The van der Waals surface area contributed by atoms with Crippen molar-refractivity contribution in [3.05, 3.63) is 102 Å². The minimum Gasteiger partial charge on any atom is -0.489 e. The van der Waals surface area contributed by atoms with Crippen LogP contribution in [-0.2, 0) is 11.4 Å². The summed E-state index contributed by atoms with van der Waals surface area (Å²) in [5.74, 6) is -0.611. The highest BCUT2D eigenvalue weighted by atomic mass is 16.5. The Bertz CT molecular complexity index is 979. The van der Waals surface area contributed by atoms with Gasteiger partial charge in [-0.25, -0.2) is 4.79 Å². The van der Waals surface area contributed by atoms with Crippen molar-refractivity contribution in [1.29, 1.82) is 0 Å². The Balaban J connectivity index is 1.57. The molecule has 0 spiro atoms. The van der Waals surface area contributed by atoms with Gasteiger partial charge < -0.3 is 15.2 Å². The molecule has 0 saturated heterocycles. The molecule has 0 aliphatic carbocycles. The fourth-order valence-corrected chi connectivity index (χ4v) is 2.50. The minimum absolute atomic E-state index is 0.203. The third kappa shape index (κ3) is 5.57. The Morgan fingerprint density at radius 2 is 1.68 bits per heavy atom. The van der Waals surface area contributed by atoms with E-state index in [1.54, 1.807) is 30.3 Å². The van der Waals surface area contributed by atoms with E-state index in [4.69, 9.17) is 9.84 Å². The van der Waals surface area contributed by atoms with Crippen LogP contribution < -0.4 is 10.1 Å². The molecule has 3 rings (SSSR count). The highest BCUT2D eigenvalue weighted by Gasteiger charge is 2.03. The SMILES string of the molecule is O=C(C=Cc1ccc(C(=O)O)cc1)Nc1cccc(OCc2ccccc2)c1. The number of rotatable bonds is 7. The third-order valence-electron chi connectivity index (χ3n) is 3.93. The first-order chi connectivity index (χ1) is 13.6. The van der Waals surface area contributed by atoms with Crippen molar-refractivity contribution >= 4 is 23.6 Å². The highest BCUT2D eigenvalue weighted by molar-refractivity contribution is 6.02. The van der Waals surface area contributed by atoms with E-state index in [0.29, 0.717) is 18.0 Å². The molecule has 0 radical (unpaired) electrons. The molecule has 5 nitrogen and oxygen atoms in total. The number of ether oxygens (including phenoxy) is 1. The third-order valence-corrected chi connectivity index (χ3v) is 3.93. The normalized spacial score (nSPS) is 10.6.